The first-order valence-corrected chi connectivity index (χ1v) is 3.85. The Morgan fingerprint density at radius 1 is 1.77 bits per heavy atom. The normalized spacial score (nSPS) is 16.2. The standard InChI is InChI=1S/C9H11NO3/c1-7-3-4-10(8(11)5-7)6-9(12)13-2/h3-4H,1,5-6H2,2H3. The number of hydrogen-bond acceptors (Lipinski definition) is 3. The number of ether oxygens (including phenoxy) is 1. The Kier molecular flexibility index (Phi) is 2.84. The van der Waals surface area contributed by atoms with Crippen LogP contribution >= 0.6 is 0 Å². The third-order valence-corrected chi connectivity index (χ3v) is 1.72. The van der Waals surface area contributed by atoms with Crippen molar-refractivity contribution in [3.05, 3.63) is 24.4 Å². The zero-order valence-corrected chi connectivity index (χ0v) is 7.45. The minimum Gasteiger partial charge on any atom is -0.468 e. The summed E-state index contributed by atoms with van der Waals surface area (Å²) in [5.74, 6) is -0.552. The van der Waals surface area contributed by atoms with Crippen LogP contribution in [0.1, 0.15) is 6.42 Å². The fourth-order valence-corrected chi connectivity index (χ4v) is 0.978. The van der Waals surface area contributed by atoms with E-state index in [-0.39, 0.29) is 18.9 Å². The summed E-state index contributed by atoms with van der Waals surface area (Å²) < 4.78 is 4.44. The van der Waals surface area contributed by atoms with Crippen molar-refractivity contribution in [3.63, 3.8) is 0 Å². The highest BCUT2D eigenvalue weighted by Crippen LogP contribution is 2.11. The minimum atomic E-state index is -0.425. The summed E-state index contributed by atoms with van der Waals surface area (Å²) in [7, 11) is 1.29. The van der Waals surface area contributed by atoms with Crippen molar-refractivity contribution in [1.29, 1.82) is 0 Å². The lowest BCUT2D eigenvalue weighted by atomic mass is 10.1. The van der Waals surface area contributed by atoms with E-state index < -0.39 is 5.97 Å². The van der Waals surface area contributed by atoms with Crippen LogP contribution in [0.4, 0.5) is 0 Å². The molecule has 1 aliphatic heterocycles. The van der Waals surface area contributed by atoms with E-state index in [4.69, 9.17) is 0 Å². The third-order valence-electron chi connectivity index (χ3n) is 1.72. The maximum atomic E-state index is 11.3. The number of rotatable bonds is 2. The third kappa shape index (κ3) is 2.43. The molecular weight excluding hydrogens is 170 g/mol. The van der Waals surface area contributed by atoms with Crippen molar-refractivity contribution in [2.24, 2.45) is 0 Å². The van der Waals surface area contributed by atoms with E-state index in [9.17, 15) is 9.59 Å². The van der Waals surface area contributed by atoms with E-state index in [0.29, 0.717) is 0 Å². The molecule has 0 aromatic carbocycles. The van der Waals surface area contributed by atoms with Crippen LogP contribution in [0.5, 0.6) is 0 Å². The lowest BCUT2D eigenvalue weighted by molar-refractivity contribution is -0.145. The molecule has 0 unspecified atom stereocenters. The van der Waals surface area contributed by atoms with Crippen LogP contribution in [-0.2, 0) is 14.3 Å². The molecule has 4 nitrogen and oxygen atoms in total. The van der Waals surface area contributed by atoms with Crippen LogP contribution in [0.2, 0.25) is 0 Å². The quantitative estimate of drug-likeness (QED) is 0.581. The lowest BCUT2D eigenvalue weighted by Crippen LogP contribution is -2.33. The molecule has 0 saturated carbocycles. The van der Waals surface area contributed by atoms with Gasteiger partial charge >= 0.3 is 5.97 Å². The van der Waals surface area contributed by atoms with E-state index in [1.54, 1.807) is 12.3 Å². The van der Waals surface area contributed by atoms with E-state index in [1.165, 1.54) is 12.0 Å². The minimum absolute atomic E-state index is 0.0287. The molecule has 0 atom stereocenters. The van der Waals surface area contributed by atoms with Gasteiger partial charge in [0.25, 0.3) is 0 Å². The van der Waals surface area contributed by atoms with Gasteiger partial charge in [-0.2, -0.15) is 0 Å². The number of carbonyl (C=O) groups excluding carboxylic acids is 2. The molecule has 0 bridgehead atoms. The van der Waals surface area contributed by atoms with Gasteiger partial charge in [0.1, 0.15) is 6.54 Å². The number of carbonyl (C=O) groups is 2. The van der Waals surface area contributed by atoms with Crippen molar-refractivity contribution in [1.82, 2.24) is 4.90 Å². The number of allylic oxidation sites excluding steroid dienone is 1. The highest BCUT2D eigenvalue weighted by molar-refractivity contribution is 5.86. The van der Waals surface area contributed by atoms with Gasteiger partial charge in [0.2, 0.25) is 5.91 Å². The summed E-state index contributed by atoms with van der Waals surface area (Å²) in [4.78, 5) is 23.4. The molecular formula is C9H11NO3. The summed E-state index contributed by atoms with van der Waals surface area (Å²) in [5, 5.41) is 0. The van der Waals surface area contributed by atoms with Gasteiger partial charge in [-0.25, -0.2) is 0 Å². The molecule has 0 aromatic rings. The van der Waals surface area contributed by atoms with Crippen LogP contribution in [0.25, 0.3) is 0 Å². The maximum absolute atomic E-state index is 11.3. The molecule has 1 heterocycles. The second kappa shape index (κ2) is 3.89. The zero-order valence-electron chi connectivity index (χ0n) is 7.45. The molecule has 0 aliphatic carbocycles. The van der Waals surface area contributed by atoms with E-state index in [1.807, 2.05) is 0 Å². The number of nitrogens with zero attached hydrogens (tertiary/aromatic N) is 1. The Hall–Kier alpha value is -1.58. The van der Waals surface area contributed by atoms with Gasteiger partial charge < -0.3 is 9.64 Å². The molecule has 0 fully saturated rings. The fraction of sp³-hybridized carbons (Fsp3) is 0.333. The zero-order chi connectivity index (χ0) is 9.84. The molecule has 0 radical (unpaired) electrons. The van der Waals surface area contributed by atoms with Gasteiger partial charge in [0.15, 0.2) is 0 Å². The average Bonchev–Trinajstić information content (AvgIpc) is 2.09. The first kappa shape index (κ1) is 9.51. The molecule has 1 aliphatic rings. The van der Waals surface area contributed by atoms with Gasteiger partial charge in [-0.3, -0.25) is 9.59 Å². The molecule has 0 spiro atoms. The molecule has 70 valence electrons. The Balaban J connectivity index is 2.60. The molecule has 4 heteroatoms. The number of hydrogen-bond donors (Lipinski definition) is 0. The van der Waals surface area contributed by atoms with Crippen LogP contribution in [-0.4, -0.2) is 30.4 Å². The topological polar surface area (TPSA) is 46.6 Å². The Morgan fingerprint density at radius 3 is 3.00 bits per heavy atom. The smallest absolute Gasteiger partial charge is 0.325 e. The number of amides is 1. The average molecular weight is 181 g/mol. The number of esters is 1. The van der Waals surface area contributed by atoms with Crippen LogP contribution in [0.3, 0.4) is 0 Å². The maximum Gasteiger partial charge on any atom is 0.325 e. The summed E-state index contributed by atoms with van der Waals surface area (Å²) in [6.45, 7) is 3.62. The van der Waals surface area contributed by atoms with Gasteiger partial charge in [0, 0.05) is 6.20 Å². The second-order valence-corrected chi connectivity index (χ2v) is 2.75. The molecule has 1 amide bonds. The summed E-state index contributed by atoms with van der Waals surface area (Å²) in [5.41, 5.74) is 0.756. The summed E-state index contributed by atoms with van der Waals surface area (Å²) >= 11 is 0. The lowest BCUT2D eigenvalue weighted by Gasteiger charge is -2.20. The van der Waals surface area contributed by atoms with Gasteiger partial charge in [-0.05, 0) is 11.6 Å². The van der Waals surface area contributed by atoms with Crippen molar-refractivity contribution < 1.29 is 14.3 Å². The van der Waals surface area contributed by atoms with Crippen molar-refractivity contribution in [2.45, 2.75) is 6.42 Å². The van der Waals surface area contributed by atoms with E-state index in [0.717, 1.165) is 5.57 Å². The fourth-order valence-electron chi connectivity index (χ4n) is 0.978. The molecule has 1 rings (SSSR count). The molecule has 0 saturated heterocycles. The van der Waals surface area contributed by atoms with Crippen molar-refractivity contribution >= 4 is 11.9 Å². The Morgan fingerprint density at radius 2 is 2.46 bits per heavy atom. The second-order valence-electron chi connectivity index (χ2n) is 2.75. The largest absolute Gasteiger partial charge is 0.468 e. The van der Waals surface area contributed by atoms with Gasteiger partial charge in [0.05, 0.1) is 13.5 Å². The highest BCUT2D eigenvalue weighted by Gasteiger charge is 2.18. The molecule has 0 N–H and O–H groups in total. The summed E-state index contributed by atoms with van der Waals surface area (Å²) in [6.07, 6.45) is 3.53. The summed E-state index contributed by atoms with van der Waals surface area (Å²) in [6, 6.07) is 0. The Bertz CT molecular complexity index is 281. The van der Waals surface area contributed by atoms with Crippen LogP contribution in [0, 0.1) is 0 Å². The first-order valence-electron chi connectivity index (χ1n) is 3.85. The van der Waals surface area contributed by atoms with Gasteiger partial charge in [-0.15, -0.1) is 0 Å². The molecule has 13 heavy (non-hydrogen) atoms. The monoisotopic (exact) mass is 181 g/mol. The molecule has 0 aromatic heterocycles. The van der Waals surface area contributed by atoms with E-state index >= 15 is 0 Å². The predicted molar refractivity (Wildman–Crippen MR) is 46.6 cm³/mol. The van der Waals surface area contributed by atoms with Crippen LogP contribution in [0.15, 0.2) is 24.4 Å². The predicted octanol–water partition coefficient (Wildman–Crippen LogP) is 0.462. The van der Waals surface area contributed by atoms with Crippen molar-refractivity contribution in [3.8, 4) is 0 Å². The highest BCUT2D eigenvalue weighted by atomic mass is 16.5. The van der Waals surface area contributed by atoms with E-state index in [2.05, 4.69) is 11.3 Å². The SMILES string of the molecule is C=C1C=CN(CC(=O)OC)C(=O)C1. The first-order chi connectivity index (χ1) is 6.13. The van der Waals surface area contributed by atoms with Crippen molar-refractivity contribution in [2.75, 3.05) is 13.7 Å². The van der Waals surface area contributed by atoms with Crippen LogP contribution < -0.4 is 0 Å². The number of methoxy groups -OCH3 is 1. The van der Waals surface area contributed by atoms with Gasteiger partial charge in [-0.1, -0.05) is 6.58 Å². The Labute approximate surface area is 76.5 Å².